The highest BCUT2D eigenvalue weighted by atomic mass is 16.3. The minimum absolute atomic E-state index is 0.00730. The van der Waals surface area contributed by atoms with Crippen LogP contribution in [0, 0.1) is 11.8 Å². The van der Waals surface area contributed by atoms with E-state index in [2.05, 4.69) is 205 Å². The quantitative estimate of drug-likeness (QED) is 0.168. The van der Waals surface area contributed by atoms with Gasteiger partial charge in [0.1, 0.15) is 11.2 Å². The van der Waals surface area contributed by atoms with Crippen LogP contribution in [0.3, 0.4) is 0 Å². The zero-order chi connectivity index (χ0) is 38.7. The summed E-state index contributed by atoms with van der Waals surface area (Å²) >= 11 is 0. The minimum Gasteiger partial charge on any atom is -0.455 e. The molecule has 0 amide bonds. The maximum absolute atomic E-state index is 6.42. The lowest BCUT2D eigenvalue weighted by molar-refractivity contribution is 0.233. The van der Waals surface area contributed by atoms with Gasteiger partial charge < -0.3 is 9.32 Å². The lowest BCUT2D eigenvalue weighted by Gasteiger charge is -2.64. The molecule has 4 aliphatic carbocycles. The van der Waals surface area contributed by atoms with E-state index < -0.39 is 0 Å². The van der Waals surface area contributed by atoms with E-state index >= 15 is 0 Å². The molecule has 1 aromatic heterocycles. The number of fused-ring (bicyclic) bond motifs is 7. The fraction of sp³-hybridized carbons (Fsp3) is 0.0526. The molecule has 2 nitrogen and oxygen atoms in total. The maximum atomic E-state index is 6.42. The van der Waals surface area contributed by atoms with Crippen LogP contribution in [-0.2, 0) is 5.41 Å². The number of hydrogen-bond donors (Lipinski definition) is 0. The van der Waals surface area contributed by atoms with Crippen LogP contribution in [-0.4, -0.2) is 0 Å². The van der Waals surface area contributed by atoms with Gasteiger partial charge in [0.25, 0.3) is 0 Å². The van der Waals surface area contributed by atoms with Crippen molar-refractivity contribution in [2.45, 2.75) is 5.41 Å². The Morgan fingerprint density at radius 2 is 1.08 bits per heavy atom. The normalized spacial score (nSPS) is 19.3. The lowest BCUT2D eigenvalue weighted by atomic mass is 9.38. The van der Waals surface area contributed by atoms with Crippen molar-refractivity contribution in [3.05, 3.63) is 235 Å². The largest absolute Gasteiger partial charge is 0.455 e. The van der Waals surface area contributed by atoms with E-state index in [4.69, 9.17) is 4.42 Å². The molecule has 3 atom stereocenters. The van der Waals surface area contributed by atoms with Gasteiger partial charge in [0, 0.05) is 45.2 Å². The van der Waals surface area contributed by atoms with Crippen molar-refractivity contribution in [2.24, 2.45) is 11.8 Å². The number of allylic oxidation sites excluding steroid dienone is 8. The molecule has 3 unspecified atom stereocenters. The molecular weight excluding hydrogens is 715 g/mol. The molecule has 1 heterocycles. The highest BCUT2D eigenvalue weighted by molar-refractivity contribution is 6.10. The second-order valence-electron chi connectivity index (χ2n) is 16.4. The van der Waals surface area contributed by atoms with Crippen LogP contribution in [0.4, 0.5) is 17.1 Å². The van der Waals surface area contributed by atoms with Crippen molar-refractivity contribution in [1.82, 2.24) is 0 Å². The first kappa shape index (κ1) is 32.6. The van der Waals surface area contributed by atoms with Gasteiger partial charge in [-0.25, -0.2) is 0 Å². The smallest absolute Gasteiger partial charge is 0.143 e. The van der Waals surface area contributed by atoms with Crippen LogP contribution < -0.4 is 4.90 Å². The van der Waals surface area contributed by atoms with Gasteiger partial charge in [-0.15, -0.1) is 0 Å². The summed E-state index contributed by atoms with van der Waals surface area (Å²) < 4.78 is 6.42. The Hall–Kier alpha value is -7.42. The van der Waals surface area contributed by atoms with E-state index in [1.165, 1.54) is 49.7 Å². The van der Waals surface area contributed by atoms with Gasteiger partial charge in [-0.3, -0.25) is 0 Å². The van der Waals surface area contributed by atoms with Gasteiger partial charge in [0.15, 0.2) is 0 Å². The first-order chi connectivity index (χ1) is 29.3. The summed E-state index contributed by atoms with van der Waals surface area (Å²) in [7, 11) is 0. The molecule has 13 rings (SSSR count). The molecule has 0 aliphatic heterocycles. The predicted molar refractivity (Wildman–Crippen MR) is 244 cm³/mol. The molecule has 59 heavy (non-hydrogen) atoms. The van der Waals surface area contributed by atoms with Crippen LogP contribution in [0.5, 0.6) is 0 Å². The Labute approximate surface area is 343 Å². The van der Waals surface area contributed by atoms with Gasteiger partial charge >= 0.3 is 0 Å². The van der Waals surface area contributed by atoms with E-state index in [9.17, 15) is 0 Å². The van der Waals surface area contributed by atoms with E-state index in [0.29, 0.717) is 11.8 Å². The first-order valence-electron chi connectivity index (χ1n) is 20.7. The third-order valence-corrected chi connectivity index (χ3v) is 13.6. The average molecular weight is 752 g/mol. The highest BCUT2D eigenvalue weighted by Gasteiger charge is 2.64. The van der Waals surface area contributed by atoms with E-state index in [0.717, 1.165) is 50.1 Å². The molecule has 0 radical (unpaired) electrons. The Bertz CT molecular complexity index is 3290. The second-order valence-corrected chi connectivity index (χ2v) is 16.4. The SMILES string of the molecule is C1=CC2=CC=CC3C2C(=C1)C31c2cccc3c(-c4ccc(N(c5ccc(-c6ccccc6)cc5)c5ccc(-c6cccc7c6oc6ccccc67)cc5)cc4)ccc1c23. The molecule has 8 aromatic carbocycles. The number of anilines is 3. The molecule has 1 saturated carbocycles. The van der Waals surface area contributed by atoms with Crippen LogP contribution in [0.15, 0.2) is 228 Å². The minimum atomic E-state index is 0.00730. The molecular formula is C57H37NO. The summed E-state index contributed by atoms with van der Waals surface area (Å²) in [6.07, 6.45) is 14.0. The molecule has 4 aliphatic rings. The number of rotatable bonds is 6. The average Bonchev–Trinajstić information content (AvgIpc) is 3.68. The Morgan fingerprint density at radius 3 is 1.86 bits per heavy atom. The third-order valence-electron chi connectivity index (χ3n) is 13.6. The Balaban J connectivity index is 0.880. The molecule has 9 aromatic rings. The van der Waals surface area contributed by atoms with Gasteiger partial charge in [-0.1, -0.05) is 170 Å². The zero-order valence-corrected chi connectivity index (χ0v) is 32.2. The number of furan rings is 1. The maximum Gasteiger partial charge on any atom is 0.143 e. The highest BCUT2D eigenvalue weighted by Crippen LogP contribution is 2.71. The van der Waals surface area contributed by atoms with Crippen molar-refractivity contribution < 1.29 is 4.42 Å². The molecule has 0 saturated heterocycles. The molecule has 0 bridgehead atoms. The van der Waals surface area contributed by atoms with Crippen LogP contribution in [0.1, 0.15) is 11.1 Å². The summed E-state index contributed by atoms with van der Waals surface area (Å²) in [4.78, 5) is 2.36. The van der Waals surface area contributed by atoms with Crippen molar-refractivity contribution in [3.8, 4) is 33.4 Å². The lowest BCUT2D eigenvalue weighted by Crippen LogP contribution is -2.59. The van der Waals surface area contributed by atoms with Crippen molar-refractivity contribution >= 4 is 49.8 Å². The summed E-state index contributed by atoms with van der Waals surface area (Å²) in [5.74, 6) is 1.00. The summed E-state index contributed by atoms with van der Waals surface area (Å²) in [5, 5.41) is 5.06. The van der Waals surface area contributed by atoms with Gasteiger partial charge in [0.2, 0.25) is 0 Å². The molecule has 1 spiro atoms. The number of nitrogens with zero attached hydrogens (tertiary/aromatic N) is 1. The number of benzene rings is 8. The first-order valence-corrected chi connectivity index (χ1v) is 20.7. The molecule has 0 N–H and O–H groups in total. The molecule has 276 valence electrons. The van der Waals surface area contributed by atoms with Gasteiger partial charge in [0.05, 0.1) is 5.41 Å². The van der Waals surface area contributed by atoms with Crippen LogP contribution >= 0.6 is 0 Å². The molecule has 1 fully saturated rings. The fourth-order valence-corrected chi connectivity index (χ4v) is 11.0. The Kier molecular flexibility index (Phi) is 6.80. The number of para-hydroxylation sites is 2. The Morgan fingerprint density at radius 1 is 0.458 bits per heavy atom. The topological polar surface area (TPSA) is 16.4 Å². The predicted octanol–water partition coefficient (Wildman–Crippen LogP) is 15.0. The number of hydrogen-bond acceptors (Lipinski definition) is 2. The van der Waals surface area contributed by atoms with Gasteiger partial charge in [-0.05, 0) is 103 Å². The van der Waals surface area contributed by atoms with Crippen LogP contribution in [0.2, 0.25) is 0 Å². The standard InChI is InChI=1S/C57H37NO/c1-2-10-36(11-3-1)37-22-28-41(29-23-37)58(43-32-26-39(27-33-43)45-15-8-17-48-46-14-4-5-21-53(46)59-56(45)48)42-30-24-38(25-31-42)44-34-35-52-55-47(44)16-9-20-51(55)57(52)49-18-6-12-40-13-7-19-50(57)54(40)49/h1-35,49,54H. The molecule has 2 heteroatoms. The van der Waals surface area contributed by atoms with E-state index in [1.807, 2.05) is 12.1 Å². The third kappa shape index (κ3) is 4.52. The monoisotopic (exact) mass is 751 g/mol. The zero-order valence-electron chi connectivity index (χ0n) is 32.2. The fourth-order valence-electron chi connectivity index (χ4n) is 11.0. The van der Waals surface area contributed by atoms with Crippen molar-refractivity contribution in [2.75, 3.05) is 4.90 Å². The summed E-state index contributed by atoms with van der Waals surface area (Å²) in [5.41, 5.74) is 18.3. The van der Waals surface area contributed by atoms with Crippen LogP contribution in [0.25, 0.3) is 66.1 Å². The van der Waals surface area contributed by atoms with Gasteiger partial charge in [-0.2, -0.15) is 0 Å². The van der Waals surface area contributed by atoms with E-state index in [1.54, 1.807) is 5.57 Å². The second kappa shape index (κ2) is 12.3. The van der Waals surface area contributed by atoms with Crippen molar-refractivity contribution in [3.63, 3.8) is 0 Å². The van der Waals surface area contributed by atoms with Crippen molar-refractivity contribution in [1.29, 1.82) is 0 Å². The summed E-state index contributed by atoms with van der Waals surface area (Å²) in [6, 6.07) is 64.0. The summed E-state index contributed by atoms with van der Waals surface area (Å²) in [6.45, 7) is 0. The van der Waals surface area contributed by atoms with E-state index in [-0.39, 0.29) is 5.41 Å².